The van der Waals surface area contributed by atoms with Gasteiger partial charge in [-0.2, -0.15) is 0 Å². The standard InChI is InChI=1S/C24H31N5/c25-29-24-17-22(27-19-12-6-2-7-13-19)21(26-18-10-4-1-5-11-18)16-23(24)28-20-14-8-3-9-15-20/h2,6-7,12-13,16-17,27,29H,1,3-5,8-11,14-15,25H2. The summed E-state index contributed by atoms with van der Waals surface area (Å²) in [6.45, 7) is 0. The number of hydrogen-bond acceptors (Lipinski definition) is 5. The number of hydrogen-bond donors (Lipinski definition) is 3. The summed E-state index contributed by atoms with van der Waals surface area (Å²) >= 11 is 0. The van der Waals surface area contributed by atoms with Crippen molar-refractivity contribution in [3.63, 3.8) is 0 Å². The Hall–Kier alpha value is -2.66. The van der Waals surface area contributed by atoms with E-state index in [2.05, 4.69) is 28.9 Å². The molecule has 2 aliphatic carbocycles. The maximum absolute atomic E-state index is 5.87. The van der Waals surface area contributed by atoms with E-state index >= 15 is 0 Å². The fourth-order valence-corrected chi connectivity index (χ4v) is 4.14. The van der Waals surface area contributed by atoms with Crippen molar-refractivity contribution >= 4 is 39.9 Å². The smallest absolute Gasteiger partial charge is 0.0896 e. The van der Waals surface area contributed by atoms with Gasteiger partial charge in [0.2, 0.25) is 0 Å². The third kappa shape index (κ3) is 5.24. The highest BCUT2D eigenvalue weighted by Gasteiger charge is 2.14. The summed E-state index contributed by atoms with van der Waals surface area (Å²) in [5.74, 6) is 5.87. The van der Waals surface area contributed by atoms with Gasteiger partial charge in [-0.25, -0.2) is 0 Å². The number of nitrogens with two attached hydrogens (primary N) is 1. The molecular weight excluding hydrogens is 358 g/mol. The van der Waals surface area contributed by atoms with Crippen molar-refractivity contribution in [1.29, 1.82) is 0 Å². The number of nitrogen functional groups attached to an aromatic ring is 1. The molecular formula is C24H31N5. The van der Waals surface area contributed by atoms with Crippen LogP contribution in [-0.2, 0) is 0 Å². The normalized spacial score (nSPS) is 17.0. The molecule has 0 atom stereocenters. The highest BCUT2D eigenvalue weighted by atomic mass is 15.2. The van der Waals surface area contributed by atoms with Crippen molar-refractivity contribution in [3.05, 3.63) is 42.5 Å². The van der Waals surface area contributed by atoms with E-state index in [0.29, 0.717) is 0 Å². The quantitative estimate of drug-likeness (QED) is 0.389. The average Bonchev–Trinajstić information content (AvgIpc) is 2.77. The molecule has 2 saturated carbocycles. The molecule has 0 bridgehead atoms. The summed E-state index contributed by atoms with van der Waals surface area (Å²) in [6, 6.07) is 14.3. The van der Waals surface area contributed by atoms with Gasteiger partial charge in [-0.05, 0) is 75.6 Å². The predicted octanol–water partition coefficient (Wildman–Crippen LogP) is 6.79. The lowest BCUT2D eigenvalue weighted by atomic mass is 9.98. The van der Waals surface area contributed by atoms with Gasteiger partial charge in [0.25, 0.3) is 0 Å². The van der Waals surface area contributed by atoms with Crippen molar-refractivity contribution < 1.29 is 0 Å². The molecule has 0 spiro atoms. The van der Waals surface area contributed by atoms with Crippen LogP contribution in [0.15, 0.2) is 52.4 Å². The molecule has 5 heteroatoms. The zero-order valence-electron chi connectivity index (χ0n) is 17.1. The molecule has 4 rings (SSSR count). The fourth-order valence-electron chi connectivity index (χ4n) is 4.14. The molecule has 0 amide bonds. The summed E-state index contributed by atoms with van der Waals surface area (Å²) in [5, 5.41) is 3.52. The molecule has 2 aliphatic rings. The van der Waals surface area contributed by atoms with Crippen LogP contribution in [0.3, 0.4) is 0 Å². The Labute approximate surface area is 173 Å². The highest BCUT2D eigenvalue weighted by Crippen LogP contribution is 2.39. The molecule has 0 saturated heterocycles. The van der Waals surface area contributed by atoms with Crippen LogP contribution in [0.5, 0.6) is 0 Å². The first-order chi connectivity index (χ1) is 14.3. The molecule has 152 valence electrons. The van der Waals surface area contributed by atoms with Gasteiger partial charge < -0.3 is 10.7 Å². The van der Waals surface area contributed by atoms with Crippen LogP contribution in [0, 0.1) is 0 Å². The number of nitrogens with one attached hydrogen (secondary N) is 2. The Morgan fingerprint density at radius 2 is 1.21 bits per heavy atom. The molecule has 0 aromatic heterocycles. The molecule has 4 N–H and O–H groups in total. The van der Waals surface area contributed by atoms with Crippen LogP contribution in [0.25, 0.3) is 0 Å². The average molecular weight is 390 g/mol. The van der Waals surface area contributed by atoms with Crippen LogP contribution >= 0.6 is 0 Å². The first-order valence-electron chi connectivity index (χ1n) is 10.9. The van der Waals surface area contributed by atoms with E-state index in [9.17, 15) is 0 Å². The second-order valence-electron chi connectivity index (χ2n) is 8.00. The van der Waals surface area contributed by atoms with Crippen molar-refractivity contribution in [2.45, 2.75) is 64.2 Å². The molecule has 2 aromatic carbocycles. The number of nitrogens with zero attached hydrogens (tertiary/aromatic N) is 2. The topological polar surface area (TPSA) is 74.8 Å². The van der Waals surface area contributed by atoms with Gasteiger partial charge in [0.05, 0.1) is 22.7 Å². The van der Waals surface area contributed by atoms with Crippen molar-refractivity contribution in [1.82, 2.24) is 0 Å². The lowest BCUT2D eigenvalue weighted by molar-refractivity contribution is 0.666. The number of anilines is 3. The molecule has 29 heavy (non-hydrogen) atoms. The van der Waals surface area contributed by atoms with E-state index in [1.54, 1.807) is 0 Å². The van der Waals surface area contributed by atoms with Gasteiger partial charge in [-0.15, -0.1) is 0 Å². The van der Waals surface area contributed by atoms with Gasteiger partial charge in [-0.3, -0.25) is 15.8 Å². The Morgan fingerprint density at radius 3 is 1.76 bits per heavy atom. The minimum absolute atomic E-state index is 0.828. The Kier molecular flexibility index (Phi) is 6.57. The number of hydrazine groups is 1. The third-order valence-electron chi connectivity index (χ3n) is 5.74. The number of rotatable bonds is 5. The van der Waals surface area contributed by atoms with Crippen LogP contribution in [0.2, 0.25) is 0 Å². The van der Waals surface area contributed by atoms with Gasteiger partial charge in [0.15, 0.2) is 0 Å². The molecule has 5 nitrogen and oxygen atoms in total. The lowest BCUT2D eigenvalue weighted by Crippen LogP contribution is -2.09. The Morgan fingerprint density at radius 1 is 0.655 bits per heavy atom. The zero-order valence-corrected chi connectivity index (χ0v) is 17.1. The van der Waals surface area contributed by atoms with Gasteiger partial charge in [-0.1, -0.05) is 31.0 Å². The second-order valence-corrected chi connectivity index (χ2v) is 8.00. The zero-order chi connectivity index (χ0) is 19.9. The maximum atomic E-state index is 5.87. The third-order valence-corrected chi connectivity index (χ3v) is 5.74. The van der Waals surface area contributed by atoms with E-state index in [4.69, 9.17) is 15.8 Å². The van der Waals surface area contributed by atoms with Crippen molar-refractivity contribution in [2.75, 3.05) is 10.7 Å². The lowest BCUT2D eigenvalue weighted by Gasteiger charge is -2.18. The van der Waals surface area contributed by atoms with E-state index in [1.165, 1.54) is 49.9 Å². The molecule has 2 fully saturated rings. The second kappa shape index (κ2) is 9.70. The number of aliphatic imine (C=N–C) groups is 2. The molecule has 0 heterocycles. The van der Waals surface area contributed by atoms with E-state index in [0.717, 1.165) is 54.1 Å². The minimum Gasteiger partial charge on any atom is -0.354 e. The number of para-hydroxylation sites is 1. The van der Waals surface area contributed by atoms with Crippen LogP contribution < -0.4 is 16.6 Å². The molecule has 0 aliphatic heterocycles. The molecule has 2 aromatic rings. The van der Waals surface area contributed by atoms with Crippen LogP contribution in [-0.4, -0.2) is 11.4 Å². The Bertz CT molecular complexity index is 870. The SMILES string of the molecule is NNc1cc(Nc2ccccc2)c(N=C2CCCCC2)cc1N=C1CCCCC1. The van der Waals surface area contributed by atoms with E-state index in [-0.39, 0.29) is 0 Å². The number of benzene rings is 2. The van der Waals surface area contributed by atoms with Crippen molar-refractivity contribution in [3.8, 4) is 0 Å². The Balaban J connectivity index is 1.73. The molecule has 0 unspecified atom stereocenters. The summed E-state index contributed by atoms with van der Waals surface area (Å²) < 4.78 is 0. The highest BCUT2D eigenvalue weighted by molar-refractivity contribution is 5.94. The minimum atomic E-state index is 0.828. The fraction of sp³-hybridized carbons (Fsp3) is 0.417. The first-order valence-corrected chi connectivity index (χ1v) is 10.9. The van der Waals surface area contributed by atoms with E-state index in [1.807, 2.05) is 24.3 Å². The summed E-state index contributed by atoms with van der Waals surface area (Å²) in [7, 11) is 0. The van der Waals surface area contributed by atoms with Gasteiger partial charge in [0, 0.05) is 17.1 Å². The molecule has 0 radical (unpaired) electrons. The summed E-state index contributed by atoms with van der Waals surface area (Å²) in [4.78, 5) is 10.0. The predicted molar refractivity (Wildman–Crippen MR) is 124 cm³/mol. The van der Waals surface area contributed by atoms with Gasteiger partial charge in [0.1, 0.15) is 0 Å². The summed E-state index contributed by atoms with van der Waals surface area (Å²) in [6.07, 6.45) is 11.9. The van der Waals surface area contributed by atoms with Gasteiger partial charge >= 0.3 is 0 Å². The van der Waals surface area contributed by atoms with Crippen molar-refractivity contribution in [2.24, 2.45) is 15.8 Å². The first kappa shape index (κ1) is 19.6. The van der Waals surface area contributed by atoms with E-state index < -0.39 is 0 Å². The van der Waals surface area contributed by atoms with Crippen LogP contribution in [0.4, 0.5) is 28.4 Å². The largest absolute Gasteiger partial charge is 0.354 e. The van der Waals surface area contributed by atoms with Crippen LogP contribution in [0.1, 0.15) is 64.2 Å². The summed E-state index contributed by atoms with van der Waals surface area (Å²) in [5.41, 5.74) is 10.1. The monoisotopic (exact) mass is 389 g/mol. The maximum Gasteiger partial charge on any atom is 0.0896 e.